The SMILES string of the molecule is CCC1(CC)C(O)=C(C(=O)Nc2ccc(C(C)(F)F)cc2-c2ccc(C(F)(F)F)nc2)C(=O)N(Cc2ccc(OCCN3CCOCC3)c(F)c2F)N1C. The van der Waals surface area contributed by atoms with Crippen molar-refractivity contribution in [1.29, 1.82) is 0 Å². The molecule has 1 saturated heterocycles. The van der Waals surface area contributed by atoms with E-state index in [2.05, 4.69) is 15.2 Å². The van der Waals surface area contributed by atoms with Crippen LogP contribution in [0.4, 0.5) is 36.4 Å². The molecule has 1 fully saturated rings. The van der Waals surface area contributed by atoms with Crippen LogP contribution in [-0.2, 0) is 33.0 Å². The lowest BCUT2D eigenvalue weighted by Crippen LogP contribution is -2.62. The van der Waals surface area contributed by atoms with Gasteiger partial charge in [0.1, 0.15) is 23.6 Å². The van der Waals surface area contributed by atoms with Crippen molar-refractivity contribution in [3.63, 3.8) is 0 Å². The second-order valence-electron chi connectivity index (χ2n) is 13.0. The number of hydrogen-bond acceptors (Lipinski definition) is 8. The largest absolute Gasteiger partial charge is 0.509 e. The zero-order valence-corrected chi connectivity index (χ0v) is 30.0. The lowest BCUT2D eigenvalue weighted by atomic mass is 9.84. The number of nitrogens with one attached hydrogen (secondary N) is 1. The fraction of sp³-hybridized carbons (Fsp3) is 0.432. The summed E-state index contributed by atoms with van der Waals surface area (Å²) in [7, 11) is 1.45. The van der Waals surface area contributed by atoms with Gasteiger partial charge in [0.15, 0.2) is 11.6 Å². The highest BCUT2D eigenvalue weighted by atomic mass is 19.4. The molecule has 3 aromatic rings. The van der Waals surface area contributed by atoms with Crippen LogP contribution in [0.3, 0.4) is 0 Å². The van der Waals surface area contributed by atoms with Crippen LogP contribution in [-0.4, -0.2) is 88.9 Å². The maximum Gasteiger partial charge on any atom is 0.433 e. The number of likely N-dealkylation sites (N-methyl/N-ethyl adjacent to an activating group) is 1. The van der Waals surface area contributed by atoms with Crippen LogP contribution in [0.2, 0.25) is 0 Å². The number of rotatable bonds is 12. The number of morpholine rings is 1. The lowest BCUT2D eigenvalue weighted by Gasteiger charge is -2.49. The van der Waals surface area contributed by atoms with Gasteiger partial charge in [-0.15, -0.1) is 0 Å². The molecular weight excluding hydrogens is 727 g/mol. The van der Waals surface area contributed by atoms with Crippen LogP contribution in [0.1, 0.15) is 50.4 Å². The van der Waals surface area contributed by atoms with Gasteiger partial charge in [-0.1, -0.05) is 32.0 Å². The molecule has 10 nitrogen and oxygen atoms in total. The molecule has 0 radical (unpaired) electrons. The van der Waals surface area contributed by atoms with E-state index in [0.29, 0.717) is 45.8 Å². The van der Waals surface area contributed by atoms with Gasteiger partial charge in [-0.25, -0.2) is 18.2 Å². The summed E-state index contributed by atoms with van der Waals surface area (Å²) in [6, 6.07) is 7.16. The number of pyridine rings is 1. The highest BCUT2D eigenvalue weighted by Gasteiger charge is 2.50. The van der Waals surface area contributed by atoms with E-state index in [0.717, 1.165) is 35.5 Å². The Bertz CT molecular complexity index is 1890. The zero-order chi connectivity index (χ0) is 39.6. The van der Waals surface area contributed by atoms with Crippen molar-refractivity contribution in [2.75, 3.05) is 51.8 Å². The first-order valence-electron chi connectivity index (χ1n) is 17.2. The van der Waals surface area contributed by atoms with E-state index < -0.39 is 70.2 Å². The average molecular weight is 768 g/mol. The Morgan fingerprint density at radius 1 is 1.02 bits per heavy atom. The molecule has 3 heterocycles. The normalized spacial score (nSPS) is 17.2. The smallest absolute Gasteiger partial charge is 0.433 e. The average Bonchev–Trinajstić information content (AvgIpc) is 3.13. The highest BCUT2D eigenvalue weighted by molar-refractivity contribution is 6.24. The number of carbonyl (C=O) groups excluding carboxylic acids is 2. The second kappa shape index (κ2) is 15.9. The number of aliphatic hydroxyl groups is 1. The van der Waals surface area contributed by atoms with Gasteiger partial charge in [-0.3, -0.25) is 24.5 Å². The summed E-state index contributed by atoms with van der Waals surface area (Å²) in [4.78, 5) is 33.5. The molecule has 0 atom stereocenters. The van der Waals surface area contributed by atoms with Gasteiger partial charge >= 0.3 is 6.18 Å². The summed E-state index contributed by atoms with van der Waals surface area (Å²) >= 11 is 0. The van der Waals surface area contributed by atoms with Crippen LogP contribution in [0, 0.1) is 11.6 Å². The molecule has 0 aliphatic carbocycles. The number of aliphatic hydroxyl groups excluding tert-OH is 1. The minimum Gasteiger partial charge on any atom is -0.509 e. The number of hydrogen-bond donors (Lipinski definition) is 2. The Labute approximate surface area is 307 Å². The zero-order valence-electron chi connectivity index (χ0n) is 30.0. The first-order chi connectivity index (χ1) is 25.4. The van der Waals surface area contributed by atoms with E-state index >= 15 is 8.78 Å². The topological polar surface area (TPSA) is 107 Å². The van der Waals surface area contributed by atoms with Gasteiger partial charge in [-0.2, -0.15) is 17.6 Å². The summed E-state index contributed by atoms with van der Waals surface area (Å²) in [5.41, 5.74) is -4.58. The Morgan fingerprint density at radius 3 is 2.30 bits per heavy atom. The van der Waals surface area contributed by atoms with Crippen molar-refractivity contribution >= 4 is 17.5 Å². The molecule has 0 bridgehead atoms. The van der Waals surface area contributed by atoms with Gasteiger partial charge < -0.3 is 19.9 Å². The molecule has 2 N–H and O–H groups in total. The summed E-state index contributed by atoms with van der Waals surface area (Å²) in [5.74, 6) is -9.18. The van der Waals surface area contributed by atoms with Gasteiger partial charge in [0, 0.05) is 67.7 Å². The number of hydrazine groups is 1. The molecule has 292 valence electrons. The number of alkyl halides is 5. The molecule has 2 amide bonds. The summed E-state index contributed by atoms with van der Waals surface area (Å²) in [6.45, 7) is 6.44. The molecule has 5 rings (SSSR count). The van der Waals surface area contributed by atoms with Crippen LogP contribution < -0.4 is 10.1 Å². The number of nitrogens with zero attached hydrogens (tertiary/aromatic N) is 4. The maximum absolute atomic E-state index is 15.5. The van der Waals surface area contributed by atoms with E-state index in [4.69, 9.17) is 9.47 Å². The molecular formula is C37H40F7N5O5. The molecule has 0 spiro atoms. The minimum atomic E-state index is -4.78. The second-order valence-corrected chi connectivity index (χ2v) is 13.0. The van der Waals surface area contributed by atoms with E-state index in [1.54, 1.807) is 13.8 Å². The predicted molar refractivity (Wildman–Crippen MR) is 183 cm³/mol. The monoisotopic (exact) mass is 767 g/mol. The highest BCUT2D eigenvalue weighted by Crippen LogP contribution is 2.40. The van der Waals surface area contributed by atoms with Crippen LogP contribution in [0.5, 0.6) is 5.75 Å². The summed E-state index contributed by atoms with van der Waals surface area (Å²) in [5, 5.41) is 16.3. The number of halogens is 7. The van der Waals surface area contributed by atoms with Crippen molar-refractivity contribution in [1.82, 2.24) is 19.9 Å². The molecule has 0 unspecified atom stereocenters. The van der Waals surface area contributed by atoms with Crippen molar-refractivity contribution in [2.45, 2.75) is 57.8 Å². The Balaban J connectivity index is 1.45. The molecule has 2 aliphatic rings. The van der Waals surface area contributed by atoms with Crippen molar-refractivity contribution in [2.24, 2.45) is 0 Å². The number of ether oxygens (including phenoxy) is 2. The van der Waals surface area contributed by atoms with Crippen molar-refractivity contribution in [3.05, 3.63) is 88.4 Å². The Morgan fingerprint density at radius 2 is 1.70 bits per heavy atom. The lowest BCUT2D eigenvalue weighted by molar-refractivity contribution is -0.164. The third kappa shape index (κ3) is 8.17. The predicted octanol–water partition coefficient (Wildman–Crippen LogP) is 7.07. The fourth-order valence-electron chi connectivity index (χ4n) is 6.56. The fourth-order valence-corrected chi connectivity index (χ4v) is 6.56. The minimum absolute atomic E-state index is 0.0681. The maximum atomic E-state index is 15.5. The van der Waals surface area contributed by atoms with Gasteiger partial charge in [0.05, 0.1) is 25.3 Å². The number of anilines is 1. The van der Waals surface area contributed by atoms with Crippen LogP contribution >= 0.6 is 0 Å². The third-order valence-electron chi connectivity index (χ3n) is 9.86. The molecule has 2 aliphatic heterocycles. The summed E-state index contributed by atoms with van der Waals surface area (Å²) < 4.78 is 110. The van der Waals surface area contributed by atoms with Crippen molar-refractivity contribution in [3.8, 4) is 16.9 Å². The number of carbonyl (C=O) groups is 2. The van der Waals surface area contributed by atoms with E-state index in [1.165, 1.54) is 24.2 Å². The van der Waals surface area contributed by atoms with Gasteiger partial charge in [0.25, 0.3) is 17.7 Å². The molecule has 2 aromatic carbocycles. The molecule has 54 heavy (non-hydrogen) atoms. The Hall–Kier alpha value is -4.74. The van der Waals surface area contributed by atoms with Crippen LogP contribution in [0.25, 0.3) is 11.1 Å². The number of amides is 2. The van der Waals surface area contributed by atoms with E-state index in [9.17, 15) is 36.6 Å². The number of aromatic nitrogens is 1. The third-order valence-corrected chi connectivity index (χ3v) is 9.86. The first kappa shape index (κ1) is 40.4. The molecule has 17 heteroatoms. The van der Waals surface area contributed by atoms with E-state index in [-0.39, 0.29) is 47.6 Å². The van der Waals surface area contributed by atoms with E-state index in [1.807, 2.05) is 0 Å². The number of benzene rings is 2. The van der Waals surface area contributed by atoms with Gasteiger partial charge in [0.2, 0.25) is 5.82 Å². The molecule has 0 saturated carbocycles. The quantitative estimate of drug-likeness (QED) is 0.149. The van der Waals surface area contributed by atoms with Gasteiger partial charge in [-0.05, 0) is 37.1 Å². The summed E-state index contributed by atoms with van der Waals surface area (Å²) in [6.07, 6.45) is -3.70. The molecule has 1 aromatic heterocycles. The standard InChI is InChI=1S/C37H40F7N5O5/c1-5-36(6-2)32(50)29(33(51)46-26-10-9-24(35(3,40)41)19-25(26)22-8-12-28(45-20-22)37(42,43)44)34(52)49(47(36)4)21-23-7-11-27(31(39)30(23)38)54-18-15-48-13-16-53-17-14-48/h7-12,19-20,50H,5-6,13-18,21H2,1-4H3,(H,46,51). The van der Waals surface area contributed by atoms with Crippen molar-refractivity contribution < 1.29 is 54.9 Å². The first-order valence-corrected chi connectivity index (χ1v) is 17.2. The van der Waals surface area contributed by atoms with Crippen LogP contribution in [0.15, 0.2) is 60.0 Å². The Kier molecular flexibility index (Phi) is 11.9.